The van der Waals surface area contributed by atoms with Gasteiger partial charge in [0.2, 0.25) is 0 Å². The van der Waals surface area contributed by atoms with Crippen LogP contribution in [0.1, 0.15) is 12.2 Å². The van der Waals surface area contributed by atoms with Crippen LogP contribution in [-0.4, -0.2) is 18.3 Å². The monoisotopic (exact) mass is 282 g/mol. The van der Waals surface area contributed by atoms with Gasteiger partial charge in [0.15, 0.2) is 0 Å². The van der Waals surface area contributed by atoms with Gasteiger partial charge in [-0.2, -0.15) is 0 Å². The van der Waals surface area contributed by atoms with E-state index >= 15 is 0 Å². The summed E-state index contributed by atoms with van der Waals surface area (Å²) in [5.41, 5.74) is 0.347. The molecule has 0 radical (unpaired) electrons. The molecule has 1 aliphatic rings. The predicted molar refractivity (Wildman–Crippen MR) is 78.8 cm³/mol. The van der Waals surface area contributed by atoms with Crippen LogP contribution >= 0.6 is 0 Å². The summed E-state index contributed by atoms with van der Waals surface area (Å²) < 4.78 is 10.7. The summed E-state index contributed by atoms with van der Waals surface area (Å²) in [6, 6.07) is 13.1. The second-order valence-corrected chi connectivity index (χ2v) is 4.47. The van der Waals surface area contributed by atoms with Gasteiger partial charge in [0.05, 0.1) is 12.9 Å². The lowest BCUT2D eigenvalue weighted by molar-refractivity contribution is -0.115. The molecule has 0 bridgehead atoms. The third-order valence-electron chi connectivity index (χ3n) is 2.92. The summed E-state index contributed by atoms with van der Waals surface area (Å²) in [7, 11) is 0. The first-order chi connectivity index (χ1) is 10.3. The fourth-order valence-corrected chi connectivity index (χ4v) is 1.93. The van der Waals surface area contributed by atoms with Gasteiger partial charge >= 0.3 is 0 Å². The summed E-state index contributed by atoms with van der Waals surface area (Å²) in [5, 5.41) is 2.72. The number of para-hydroxylation sites is 1. The number of hydrogen-bond acceptors (Lipinski definition) is 4. The number of rotatable bonds is 5. The fraction of sp³-hybridized carbons (Fsp3) is 0.125. The smallest absolute Gasteiger partial charge is 0.275 e. The fourth-order valence-electron chi connectivity index (χ4n) is 1.93. The second kappa shape index (κ2) is 6.09. The first-order valence-electron chi connectivity index (χ1n) is 6.63. The summed E-state index contributed by atoms with van der Waals surface area (Å²) in [4.78, 5) is 16.0. The van der Waals surface area contributed by atoms with Crippen LogP contribution in [0.3, 0.4) is 0 Å². The van der Waals surface area contributed by atoms with Crippen molar-refractivity contribution in [3.8, 4) is 5.75 Å². The van der Waals surface area contributed by atoms with Crippen molar-refractivity contribution < 1.29 is 13.9 Å². The average molecular weight is 282 g/mol. The third-order valence-corrected chi connectivity index (χ3v) is 2.92. The van der Waals surface area contributed by atoms with Crippen LogP contribution in [0.5, 0.6) is 5.75 Å². The molecular formula is C16H14N2O3. The molecule has 0 saturated carbocycles. The summed E-state index contributed by atoms with van der Waals surface area (Å²) in [5.74, 6) is 1.79. The normalized spacial score (nSPS) is 15.9. The molecule has 1 aromatic heterocycles. The lowest BCUT2D eigenvalue weighted by Crippen LogP contribution is -2.25. The largest absolute Gasteiger partial charge is 0.493 e. The highest BCUT2D eigenvalue weighted by atomic mass is 16.5. The van der Waals surface area contributed by atoms with Crippen LogP contribution in [0.25, 0.3) is 6.08 Å². The van der Waals surface area contributed by atoms with Crippen LogP contribution in [0.4, 0.5) is 0 Å². The molecule has 2 aromatic rings. The van der Waals surface area contributed by atoms with Crippen LogP contribution in [-0.2, 0) is 4.79 Å². The number of nitrogens with zero attached hydrogens (tertiary/aromatic N) is 1. The number of amidine groups is 1. The lowest BCUT2D eigenvalue weighted by atomic mass is 10.3. The van der Waals surface area contributed by atoms with E-state index in [0.29, 0.717) is 30.3 Å². The number of amides is 1. The topological polar surface area (TPSA) is 63.8 Å². The Morgan fingerprint density at radius 3 is 2.81 bits per heavy atom. The van der Waals surface area contributed by atoms with E-state index in [9.17, 15) is 4.79 Å². The zero-order chi connectivity index (χ0) is 14.5. The van der Waals surface area contributed by atoms with Gasteiger partial charge in [0, 0.05) is 12.5 Å². The van der Waals surface area contributed by atoms with Gasteiger partial charge in [0.25, 0.3) is 5.91 Å². The van der Waals surface area contributed by atoms with Gasteiger partial charge in [-0.1, -0.05) is 18.2 Å². The number of nitrogens with one attached hydrogen (secondary N) is 1. The molecule has 0 atom stereocenters. The molecule has 1 N–H and O–H groups in total. The van der Waals surface area contributed by atoms with E-state index < -0.39 is 0 Å². The van der Waals surface area contributed by atoms with E-state index in [4.69, 9.17) is 9.15 Å². The molecule has 2 heterocycles. The van der Waals surface area contributed by atoms with Gasteiger partial charge < -0.3 is 14.5 Å². The molecule has 3 rings (SSSR count). The van der Waals surface area contributed by atoms with E-state index in [1.54, 1.807) is 24.5 Å². The van der Waals surface area contributed by atoms with Crippen molar-refractivity contribution >= 4 is 17.8 Å². The van der Waals surface area contributed by atoms with Gasteiger partial charge in [-0.05, 0) is 24.3 Å². The van der Waals surface area contributed by atoms with Crippen LogP contribution in [0, 0.1) is 0 Å². The molecule has 0 fully saturated rings. The SMILES string of the molecule is O=C1NC(CCOc2ccccc2)=N/C1=C/c1ccco1. The van der Waals surface area contributed by atoms with Gasteiger partial charge in [-0.25, -0.2) is 4.99 Å². The Bertz CT molecular complexity index is 673. The highest BCUT2D eigenvalue weighted by molar-refractivity contribution is 6.14. The number of carbonyl (C=O) groups excluding carboxylic acids is 1. The molecule has 0 aliphatic carbocycles. The van der Waals surface area contributed by atoms with E-state index in [1.807, 2.05) is 30.3 Å². The zero-order valence-electron chi connectivity index (χ0n) is 11.3. The van der Waals surface area contributed by atoms with Crippen molar-refractivity contribution in [3.63, 3.8) is 0 Å². The van der Waals surface area contributed by atoms with Crippen molar-refractivity contribution in [2.24, 2.45) is 4.99 Å². The molecule has 1 aliphatic heterocycles. The minimum absolute atomic E-state index is 0.221. The Balaban J connectivity index is 1.58. The van der Waals surface area contributed by atoms with Gasteiger partial charge in [-0.15, -0.1) is 0 Å². The van der Waals surface area contributed by atoms with Crippen LogP contribution < -0.4 is 10.1 Å². The van der Waals surface area contributed by atoms with Gasteiger partial charge in [-0.3, -0.25) is 4.79 Å². The maximum absolute atomic E-state index is 11.8. The van der Waals surface area contributed by atoms with Crippen molar-refractivity contribution in [3.05, 3.63) is 60.2 Å². The highest BCUT2D eigenvalue weighted by Gasteiger charge is 2.20. The first kappa shape index (κ1) is 13.2. The second-order valence-electron chi connectivity index (χ2n) is 4.47. The molecule has 106 valence electrons. The molecule has 0 unspecified atom stereocenters. The molecular weight excluding hydrogens is 268 g/mol. The van der Waals surface area contributed by atoms with Crippen LogP contribution in [0.2, 0.25) is 0 Å². The Hall–Kier alpha value is -2.82. The van der Waals surface area contributed by atoms with E-state index in [1.165, 1.54) is 0 Å². The van der Waals surface area contributed by atoms with E-state index in [0.717, 1.165) is 5.75 Å². The third kappa shape index (κ3) is 3.39. The summed E-state index contributed by atoms with van der Waals surface area (Å²) in [6.45, 7) is 0.456. The molecule has 1 amide bonds. The number of aliphatic imine (C=N–C) groups is 1. The molecule has 1 aromatic carbocycles. The standard InChI is InChI=1S/C16H14N2O3/c19-16-14(11-13-7-4-9-20-13)17-15(18-16)8-10-21-12-5-2-1-3-6-12/h1-7,9,11H,8,10H2,(H,17,18,19)/b14-11+. The lowest BCUT2D eigenvalue weighted by Gasteiger charge is -2.05. The molecule has 5 heteroatoms. The Labute approximate surface area is 121 Å². The summed E-state index contributed by atoms with van der Waals surface area (Å²) >= 11 is 0. The number of ether oxygens (including phenoxy) is 1. The van der Waals surface area contributed by atoms with Crippen molar-refractivity contribution in [2.75, 3.05) is 6.61 Å². The molecule has 0 spiro atoms. The quantitative estimate of drug-likeness (QED) is 0.857. The number of furan rings is 1. The number of benzene rings is 1. The van der Waals surface area contributed by atoms with Gasteiger partial charge in [0.1, 0.15) is 23.0 Å². The van der Waals surface area contributed by atoms with Crippen molar-refractivity contribution in [1.29, 1.82) is 0 Å². The van der Waals surface area contributed by atoms with Crippen LogP contribution in [0.15, 0.2) is 63.8 Å². The van der Waals surface area contributed by atoms with E-state index in [2.05, 4.69) is 10.3 Å². The molecule has 5 nitrogen and oxygen atoms in total. The summed E-state index contributed by atoms with van der Waals surface area (Å²) in [6.07, 6.45) is 3.70. The predicted octanol–water partition coefficient (Wildman–Crippen LogP) is 2.62. The molecule has 0 saturated heterocycles. The van der Waals surface area contributed by atoms with E-state index in [-0.39, 0.29) is 5.91 Å². The Kier molecular flexibility index (Phi) is 3.82. The minimum atomic E-state index is -0.221. The maximum atomic E-state index is 11.8. The van der Waals surface area contributed by atoms with Crippen molar-refractivity contribution in [1.82, 2.24) is 5.32 Å². The maximum Gasteiger partial charge on any atom is 0.275 e. The Morgan fingerprint density at radius 1 is 1.19 bits per heavy atom. The minimum Gasteiger partial charge on any atom is -0.493 e. The van der Waals surface area contributed by atoms with Crippen molar-refractivity contribution in [2.45, 2.75) is 6.42 Å². The number of carbonyl (C=O) groups is 1. The Morgan fingerprint density at radius 2 is 2.05 bits per heavy atom. The average Bonchev–Trinajstić information content (AvgIpc) is 3.11. The number of hydrogen-bond donors (Lipinski definition) is 1. The highest BCUT2D eigenvalue weighted by Crippen LogP contribution is 2.14. The zero-order valence-corrected chi connectivity index (χ0v) is 11.3. The molecule has 21 heavy (non-hydrogen) atoms. The first-order valence-corrected chi connectivity index (χ1v) is 6.63.